The van der Waals surface area contributed by atoms with Crippen molar-refractivity contribution in [3.8, 4) is 0 Å². The highest BCUT2D eigenvalue weighted by molar-refractivity contribution is 5.73. The molecule has 0 heterocycles. The molecule has 2 nitrogen and oxygen atoms in total. The van der Waals surface area contributed by atoms with E-state index in [2.05, 4.69) is 0 Å². The summed E-state index contributed by atoms with van der Waals surface area (Å²) < 4.78 is 0. The predicted molar refractivity (Wildman–Crippen MR) is 40.0 cm³/mol. The lowest BCUT2D eigenvalue weighted by Gasteiger charge is -1.95. The quantitative estimate of drug-likeness (QED) is 0.607. The van der Waals surface area contributed by atoms with Crippen molar-refractivity contribution in [2.75, 3.05) is 0 Å². The van der Waals surface area contributed by atoms with Gasteiger partial charge in [-0.15, -0.1) is 0 Å². The molecule has 2 heteroatoms. The molecule has 0 unspecified atom stereocenters. The van der Waals surface area contributed by atoms with Crippen LogP contribution in [-0.4, -0.2) is 5.91 Å². The summed E-state index contributed by atoms with van der Waals surface area (Å²) in [5.41, 5.74) is 4.85. The molecule has 2 N–H and O–H groups in total. The highest BCUT2D eigenvalue weighted by Gasteiger charge is 1.96. The third-order valence-electron chi connectivity index (χ3n) is 0.609. The maximum atomic E-state index is 10.0. The Labute approximate surface area is 57.4 Å². The van der Waals surface area contributed by atoms with Crippen molar-refractivity contribution < 1.29 is 4.79 Å². The van der Waals surface area contributed by atoms with E-state index in [9.17, 15) is 4.79 Å². The molecule has 0 radical (unpaired) electrons. The van der Waals surface area contributed by atoms with Crippen molar-refractivity contribution in [2.24, 2.45) is 11.7 Å². The van der Waals surface area contributed by atoms with Crippen molar-refractivity contribution in [2.45, 2.75) is 34.1 Å². The minimum Gasteiger partial charge on any atom is -0.370 e. The molecule has 0 aliphatic rings. The fourth-order valence-electron chi connectivity index (χ4n) is 0.402. The third-order valence-corrected chi connectivity index (χ3v) is 0.609. The minimum absolute atomic E-state index is 0.213. The van der Waals surface area contributed by atoms with Crippen LogP contribution in [0.15, 0.2) is 0 Å². The van der Waals surface area contributed by atoms with Crippen LogP contribution in [-0.2, 0) is 4.79 Å². The van der Waals surface area contributed by atoms with Crippen molar-refractivity contribution >= 4 is 5.91 Å². The zero-order valence-corrected chi connectivity index (χ0v) is 6.77. The molecule has 0 aromatic rings. The van der Waals surface area contributed by atoms with E-state index in [0.29, 0.717) is 12.3 Å². The molecular weight excluding hydrogens is 114 g/mol. The van der Waals surface area contributed by atoms with Crippen LogP contribution in [0.5, 0.6) is 0 Å². The Morgan fingerprint density at radius 2 is 1.78 bits per heavy atom. The second kappa shape index (κ2) is 7.47. The summed E-state index contributed by atoms with van der Waals surface area (Å²) in [5, 5.41) is 0. The van der Waals surface area contributed by atoms with Gasteiger partial charge >= 0.3 is 0 Å². The van der Waals surface area contributed by atoms with Gasteiger partial charge in [-0.3, -0.25) is 4.79 Å². The molecule has 0 fully saturated rings. The molecule has 0 saturated heterocycles. The fraction of sp³-hybridized carbons (Fsp3) is 0.857. The SMILES string of the molecule is CC.CC(C)CC(N)=O. The molecular formula is C7H17NO. The van der Waals surface area contributed by atoms with Gasteiger partial charge in [0.05, 0.1) is 0 Å². The number of carbonyl (C=O) groups is 1. The van der Waals surface area contributed by atoms with Crippen LogP contribution < -0.4 is 5.73 Å². The Kier molecular flexibility index (Phi) is 9.37. The number of hydrogen-bond acceptors (Lipinski definition) is 1. The minimum atomic E-state index is -0.213. The Balaban J connectivity index is 0. The average Bonchev–Trinajstić information content (AvgIpc) is 1.68. The molecule has 0 aromatic carbocycles. The maximum Gasteiger partial charge on any atom is 0.217 e. The summed E-state index contributed by atoms with van der Waals surface area (Å²) in [5.74, 6) is 0.188. The fourth-order valence-corrected chi connectivity index (χ4v) is 0.402. The highest BCUT2D eigenvalue weighted by atomic mass is 16.1. The first-order valence-electron chi connectivity index (χ1n) is 3.41. The van der Waals surface area contributed by atoms with Crippen LogP contribution in [0.3, 0.4) is 0 Å². The molecule has 0 rings (SSSR count). The number of carbonyl (C=O) groups excluding carboxylic acids is 1. The smallest absolute Gasteiger partial charge is 0.217 e. The standard InChI is InChI=1S/C5H11NO.C2H6/c1-4(2)3-5(6)7;1-2/h4H,3H2,1-2H3,(H2,6,7);1-2H3. The van der Waals surface area contributed by atoms with E-state index < -0.39 is 0 Å². The second-order valence-corrected chi connectivity index (χ2v) is 2.06. The molecule has 0 aromatic heterocycles. The average molecular weight is 131 g/mol. The summed E-state index contributed by atoms with van der Waals surface area (Å²) in [7, 11) is 0. The topological polar surface area (TPSA) is 43.1 Å². The van der Waals surface area contributed by atoms with Gasteiger partial charge < -0.3 is 5.73 Å². The van der Waals surface area contributed by atoms with E-state index >= 15 is 0 Å². The molecule has 0 spiro atoms. The Hall–Kier alpha value is -0.530. The van der Waals surface area contributed by atoms with Gasteiger partial charge in [0.15, 0.2) is 0 Å². The van der Waals surface area contributed by atoms with E-state index in [0.717, 1.165) is 0 Å². The largest absolute Gasteiger partial charge is 0.370 e. The van der Waals surface area contributed by atoms with Crippen LogP contribution in [0, 0.1) is 5.92 Å². The van der Waals surface area contributed by atoms with Gasteiger partial charge in [0, 0.05) is 6.42 Å². The number of amides is 1. The summed E-state index contributed by atoms with van der Waals surface area (Å²) in [6.07, 6.45) is 0.500. The van der Waals surface area contributed by atoms with E-state index in [4.69, 9.17) is 5.73 Å². The van der Waals surface area contributed by atoms with Crippen LogP contribution >= 0.6 is 0 Å². The summed E-state index contributed by atoms with van der Waals surface area (Å²) in [4.78, 5) is 10.0. The van der Waals surface area contributed by atoms with Crippen LogP contribution in [0.25, 0.3) is 0 Å². The van der Waals surface area contributed by atoms with Gasteiger partial charge in [-0.05, 0) is 5.92 Å². The second-order valence-electron chi connectivity index (χ2n) is 2.06. The lowest BCUT2D eigenvalue weighted by Crippen LogP contribution is -2.12. The molecule has 0 atom stereocenters. The first-order chi connectivity index (χ1) is 4.13. The van der Waals surface area contributed by atoms with E-state index in [1.165, 1.54) is 0 Å². The van der Waals surface area contributed by atoms with Crippen LogP contribution in [0.2, 0.25) is 0 Å². The number of nitrogens with two attached hydrogens (primary N) is 1. The summed E-state index contributed by atoms with van der Waals surface area (Å²) in [6, 6.07) is 0. The molecule has 0 aliphatic carbocycles. The van der Waals surface area contributed by atoms with Gasteiger partial charge in [-0.25, -0.2) is 0 Å². The van der Waals surface area contributed by atoms with Crippen molar-refractivity contribution in [1.29, 1.82) is 0 Å². The highest BCUT2D eigenvalue weighted by Crippen LogP contribution is 1.95. The Morgan fingerprint density at radius 3 is 1.78 bits per heavy atom. The normalized spacial score (nSPS) is 8.11. The van der Waals surface area contributed by atoms with Gasteiger partial charge in [0.1, 0.15) is 0 Å². The summed E-state index contributed by atoms with van der Waals surface area (Å²) in [6.45, 7) is 7.93. The van der Waals surface area contributed by atoms with E-state index in [-0.39, 0.29) is 5.91 Å². The molecule has 9 heavy (non-hydrogen) atoms. The maximum absolute atomic E-state index is 10.0. The third kappa shape index (κ3) is 18.6. The molecule has 0 aliphatic heterocycles. The number of rotatable bonds is 2. The van der Waals surface area contributed by atoms with Gasteiger partial charge in [-0.2, -0.15) is 0 Å². The predicted octanol–water partition coefficient (Wildman–Crippen LogP) is 1.54. The first-order valence-corrected chi connectivity index (χ1v) is 3.41. The lowest BCUT2D eigenvalue weighted by molar-refractivity contribution is -0.118. The number of hydrogen-bond donors (Lipinski definition) is 1. The zero-order valence-electron chi connectivity index (χ0n) is 6.77. The molecule has 56 valence electrons. The monoisotopic (exact) mass is 131 g/mol. The molecule has 1 amide bonds. The Bertz CT molecular complexity index is 69.3. The van der Waals surface area contributed by atoms with Gasteiger partial charge in [-0.1, -0.05) is 27.7 Å². The van der Waals surface area contributed by atoms with Crippen LogP contribution in [0.1, 0.15) is 34.1 Å². The zero-order chi connectivity index (χ0) is 7.86. The van der Waals surface area contributed by atoms with Crippen molar-refractivity contribution in [3.05, 3.63) is 0 Å². The summed E-state index contributed by atoms with van der Waals surface area (Å²) >= 11 is 0. The van der Waals surface area contributed by atoms with E-state index in [1.54, 1.807) is 0 Å². The van der Waals surface area contributed by atoms with Gasteiger partial charge in [0.25, 0.3) is 0 Å². The lowest BCUT2D eigenvalue weighted by atomic mass is 10.1. The number of primary amides is 1. The van der Waals surface area contributed by atoms with Crippen molar-refractivity contribution in [1.82, 2.24) is 0 Å². The molecule has 0 saturated carbocycles. The van der Waals surface area contributed by atoms with Gasteiger partial charge in [0.2, 0.25) is 5.91 Å². The Morgan fingerprint density at radius 1 is 1.44 bits per heavy atom. The first kappa shape index (κ1) is 11.3. The van der Waals surface area contributed by atoms with Crippen molar-refractivity contribution in [3.63, 3.8) is 0 Å². The van der Waals surface area contributed by atoms with E-state index in [1.807, 2.05) is 27.7 Å². The molecule has 0 bridgehead atoms. The van der Waals surface area contributed by atoms with Crippen LogP contribution in [0.4, 0.5) is 0 Å².